The van der Waals surface area contributed by atoms with E-state index in [1.54, 1.807) is 0 Å². The maximum atomic E-state index is 9.37. The van der Waals surface area contributed by atoms with Gasteiger partial charge in [-0.3, -0.25) is 0 Å². The first kappa shape index (κ1) is 13.9. The highest BCUT2D eigenvalue weighted by atomic mass is 16.3. The summed E-state index contributed by atoms with van der Waals surface area (Å²) in [7, 11) is 2.17. The Morgan fingerprint density at radius 2 is 1.79 bits per heavy atom. The van der Waals surface area contributed by atoms with E-state index in [0.717, 1.165) is 31.7 Å². The Morgan fingerprint density at radius 3 is 2.29 bits per heavy atom. The van der Waals surface area contributed by atoms with E-state index in [0.29, 0.717) is 0 Å². The van der Waals surface area contributed by atoms with Gasteiger partial charge in [-0.05, 0) is 51.7 Å². The molecular weight excluding hydrogens is 174 g/mol. The summed E-state index contributed by atoms with van der Waals surface area (Å²) in [6, 6.07) is 0. The van der Waals surface area contributed by atoms with E-state index >= 15 is 0 Å². The molecule has 2 nitrogen and oxygen atoms in total. The first-order valence-corrected chi connectivity index (χ1v) is 5.92. The quantitative estimate of drug-likeness (QED) is 0.652. The van der Waals surface area contributed by atoms with Gasteiger partial charge in [0.15, 0.2) is 0 Å². The van der Waals surface area contributed by atoms with Gasteiger partial charge in [0.25, 0.3) is 0 Å². The highest BCUT2D eigenvalue weighted by molar-refractivity contribution is 4.57. The molecule has 0 heterocycles. The summed E-state index contributed by atoms with van der Waals surface area (Å²) in [4.78, 5) is 2.36. The molecule has 0 aliphatic heterocycles. The van der Waals surface area contributed by atoms with Gasteiger partial charge in [0.1, 0.15) is 0 Å². The van der Waals surface area contributed by atoms with Gasteiger partial charge in [0, 0.05) is 0 Å². The Hall–Kier alpha value is -0.0800. The molecule has 0 aliphatic rings. The summed E-state index contributed by atoms with van der Waals surface area (Å²) in [5.41, 5.74) is 0. The summed E-state index contributed by atoms with van der Waals surface area (Å²) in [6.45, 7) is 8.85. The van der Waals surface area contributed by atoms with Crippen molar-refractivity contribution in [2.45, 2.75) is 52.6 Å². The zero-order chi connectivity index (χ0) is 11.0. The van der Waals surface area contributed by atoms with Crippen LogP contribution >= 0.6 is 0 Å². The lowest BCUT2D eigenvalue weighted by Gasteiger charge is -2.18. The molecule has 0 saturated carbocycles. The van der Waals surface area contributed by atoms with Crippen LogP contribution < -0.4 is 0 Å². The van der Waals surface area contributed by atoms with Crippen LogP contribution in [-0.2, 0) is 0 Å². The molecular formula is C12H27NO. The molecule has 1 N–H and O–H groups in total. The van der Waals surface area contributed by atoms with Crippen LogP contribution in [0.5, 0.6) is 0 Å². The van der Waals surface area contributed by atoms with Crippen molar-refractivity contribution >= 4 is 0 Å². The third-order valence-corrected chi connectivity index (χ3v) is 2.64. The molecule has 1 atom stereocenters. The second-order valence-corrected chi connectivity index (χ2v) is 4.69. The highest BCUT2D eigenvalue weighted by Crippen LogP contribution is 2.04. The Balaban J connectivity index is 3.30. The largest absolute Gasteiger partial charge is 0.393 e. The molecule has 0 amide bonds. The fourth-order valence-corrected chi connectivity index (χ4v) is 1.39. The summed E-state index contributed by atoms with van der Waals surface area (Å²) in [5.74, 6) is 0.790. The minimum Gasteiger partial charge on any atom is -0.393 e. The summed E-state index contributed by atoms with van der Waals surface area (Å²) < 4.78 is 0. The highest BCUT2D eigenvalue weighted by Gasteiger charge is 2.03. The van der Waals surface area contributed by atoms with Crippen LogP contribution in [0, 0.1) is 5.92 Å². The normalized spacial score (nSPS) is 13.9. The number of hydrogen-bond acceptors (Lipinski definition) is 2. The number of nitrogens with zero attached hydrogens (tertiary/aromatic N) is 1. The van der Waals surface area contributed by atoms with Gasteiger partial charge in [-0.15, -0.1) is 0 Å². The van der Waals surface area contributed by atoms with Crippen molar-refractivity contribution in [1.82, 2.24) is 4.90 Å². The standard InChI is InChI=1S/C12H27NO/c1-5-12(14)7-6-9-13(4)10-8-11(2)3/h11-12,14H,5-10H2,1-4H3. The van der Waals surface area contributed by atoms with Crippen LogP contribution in [0.3, 0.4) is 0 Å². The molecule has 0 aromatic heterocycles. The van der Waals surface area contributed by atoms with Crippen LogP contribution in [-0.4, -0.2) is 36.2 Å². The molecule has 0 fully saturated rings. The maximum Gasteiger partial charge on any atom is 0.0538 e. The van der Waals surface area contributed by atoms with E-state index in [-0.39, 0.29) is 6.10 Å². The van der Waals surface area contributed by atoms with E-state index < -0.39 is 0 Å². The number of aliphatic hydroxyl groups is 1. The molecule has 0 rings (SSSR count). The third-order valence-electron chi connectivity index (χ3n) is 2.64. The Kier molecular flexibility index (Phi) is 8.20. The second-order valence-electron chi connectivity index (χ2n) is 4.69. The summed E-state index contributed by atoms with van der Waals surface area (Å²) >= 11 is 0. The Labute approximate surface area is 89.3 Å². The molecule has 0 aliphatic carbocycles. The fraction of sp³-hybridized carbons (Fsp3) is 1.00. The fourth-order valence-electron chi connectivity index (χ4n) is 1.39. The van der Waals surface area contributed by atoms with Crippen LogP contribution in [0.4, 0.5) is 0 Å². The average Bonchev–Trinajstić information content (AvgIpc) is 2.14. The van der Waals surface area contributed by atoms with Crippen molar-refractivity contribution in [3.05, 3.63) is 0 Å². The molecule has 0 bridgehead atoms. The molecule has 2 heteroatoms. The van der Waals surface area contributed by atoms with Gasteiger partial charge in [0.2, 0.25) is 0 Å². The first-order valence-electron chi connectivity index (χ1n) is 5.92. The minimum absolute atomic E-state index is 0.0894. The van der Waals surface area contributed by atoms with Crippen molar-refractivity contribution < 1.29 is 5.11 Å². The van der Waals surface area contributed by atoms with Gasteiger partial charge in [-0.1, -0.05) is 20.8 Å². The Bertz CT molecular complexity index is 125. The van der Waals surface area contributed by atoms with E-state index in [1.165, 1.54) is 13.0 Å². The summed E-state index contributed by atoms with van der Waals surface area (Å²) in [5, 5.41) is 9.37. The molecule has 0 radical (unpaired) electrons. The third kappa shape index (κ3) is 8.52. The van der Waals surface area contributed by atoms with Crippen LogP contribution in [0.25, 0.3) is 0 Å². The van der Waals surface area contributed by atoms with Crippen LogP contribution in [0.1, 0.15) is 46.5 Å². The lowest BCUT2D eigenvalue weighted by atomic mass is 10.1. The van der Waals surface area contributed by atoms with Gasteiger partial charge < -0.3 is 10.0 Å². The SMILES string of the molecule is CCC(O)CCCN(C)CCC(C)C. The topological polar surface area (TPSA) is 23.5 Å². The molecule has 14 heavy (non-hydrogen) atoms. The molecule has 1 unspecified atom stereocenters. The van der Waals surface area contributed by atoms with Crippen molar-refractivity contribution in [2.24, 2.45) is 5.92 Å². The van der Waals surface area contributed by atoms with Gasteiger partial charge >= 0.3 is 0 Å². The Morgan fingerprint density at radius 1 is 1.14 bits per heavy atom. The molecule has 0 aromatic rings. The lowest BCUT2D eigenvalue weighted by molar-refractivity contribution is 0.151. The zero-order valence-electron chi connectivity index (χ0n) is 10.3. The second kappa shape index (κ2) is 8.25. The van der Waals surface area contributed by atoms with Crippen molar-refractivity contribution in [3.8, 4) is 0 Å². The van der Waals surface area contributed by atoms with Crippen LogP contribution in [0.2, 0.25) is 0 Å². The molecule has 0 saturated heterocycles. The zero-order valence-corrected chi connectivity index (χ0v) is 10.3. The average molecular weight is 201 g/mol. The number of rotatable bonds is 8. The van der Waals surface area contributed by atoms with E-state index in [4.69, 9.17) is 0 Å². The number of hydrogen-bond donors (Lipinski definition) is 1. The van der Waals surface area contributed by atoms with Crippen molar-refractivity contribution in [1.29, 1.82) is 0 Å². The van der Waals surface area contributed by atoms with Crippen molar-refractivity contribution in [2.75, 3.05) is 20.1 Å². The first-order chi connectivity index (χ1) is 6.56. The monoisotopic (exact) mass is 201 g/mol. The van der Waals surface area contributed by atoms with Crippen molar-refractivity contribution in [3.63, 3.8) is 0 Å². The van der Waals surface area contributed by atoms with E-state index in [2.05, 4.69) is 25.8 Å². The summed E-state index contributed by atoms with van der Waals surface area (Å²) in [6.07, 6.45) is 4.13. The molecule has 86 valence electrons. The van der Waals surface area contributed by atoms with Gasteiger partial charge in [0.05, 0.1) is 6.10 Å². The minimum atomic E-state index is -0.0894. The molecule has 0 spiro atoms. The van der Waals surface area contributed by atoms with E-state index in [9.17, 15) is 5.11 Å². The van der Waals surface area contributed by atoms with Gasteiger partial charge in [-0.25, -0.2) is 0 Å². The van der Waals surface area contributed by atoms with E-state index in [1.807, 2.05) is 6.92 Å². The maximum absolute atomic E-state index is 9.37. The van der Waals surface area contributed by atoms with Crippen LogP contribution in [0.15, 0.2) is 0 Å². The predicted molar refractivity (Wildman–Crippen MR) is 62.5 cm³/mol. The van der Waals surface area contributed by atoms with Gasteiger partial charge in [-0.2, -0.15) is 0 Å². The molecule has 0 aromatic carbocycles. The number of aliphatic hydroxyl groups excluding tert-OH is 1. The predicted octanol–water partition coefficient (Wildman–Crippen LogP) is 2.52. The lowest BCUT2D eigenvalue weighted by Crippen LogP contribution is -2.23. The smallest absolute Gasteiger partial charge is 0.0538 e.